The van der Waals surface area contributed by atoms with Crippen LogP contribution in [0.15, 0.2) is 29.1 Å². The van der Waals surface area contributed by atoms with Crippen LogP contribution in [0.2, 0.25) is 0 Å². The van der Waals surface area contributed by atoms with E-state index in [1.165, 1.54) is 0 Å². The number of imidazole rings is 1. The van der Waals surface area contributed by atoms with Crippen molar-refractivity contribution in [2.75, 3.05) is 25.4 Å². The summed E-state index contributed by atoms with van der Waals surface area (Å²) >= 11 is 0. The zero-order chi connectivity index (χ0) is 19.6. The zero-order valence-corrected chi connectivity index (χ0v) is 17.6. The van der Waals surface area contributed by atoms with Crippen molar-refractivity contribution in [3.05, 3.63) is 34.7 Å². The van der Waals surface area contributed by atoms with Crippen molar-refractivity contribution >= 4 is 44.3 Å². The standard InChI is InChI=1S/C19H24N4O4S.ClH/c24-19-22-17-12-13-11-14(3-4-16(13)21-18(17)23-19)27-9-1-2-10-28(25,26)15-5-7-20-8-6-15;/h3-4,11-12,15,20H,1-2,5-10H2,(H2,21,22,23,24);1H. The molecule has 0 amide bonds. The van der Waals surface area contributed by atoms with E-state index < -0.39 is 9.84 Å². The smallest absolute Gasteiger partial charge is 0.325 e. The minimum atomic E-state index is -3.01. The van der Waals surface area contributed by atoms with Crippen LogP contribution in [0.3, 0.4) is 0 Å². The summed E-state index contributed by atoms with van der Waals surface area (Å²) in [4.78, 5) is 21.1. The third-order valence-corrected chi connectivity index (χ3v) is 7.50. The third-order valence-electron chi connectivity index (χ3n) is 5.15. The maximum absolute atomic E-state index is 12.4. The number of halogens is 1. The number of benzene rings is 1. The minimum absolute atomic E-state index is 0. The Hall–Kier alpha value is -2.10. The number of fused-ring (bicyclic) bond motifs is 2. The third kappa shape index (κ3) is 5.09. The number of hydrogen-bond donors (Lipinski definition) is 3. The number of H-pyrrole nitrogens is 2. The van der Waals surface area contributed by atoms with Gasteiger partial charge in [0.05, 0.1) is 28.6 Å². The SMILES string of the molecule is Cl.O=c1[nH]c2cc3cc(OCCCCS(=O)(=O)C4CCNCC4)ccc3nc2[nH]1. The first-order chi connectivity index (χ1) is 13.5. The Bertz CT molecular complexity index is 1140. The van der Waals surface area contributed by atoms with Gasteiger partial charge in [0.25, 0.3) is 0 Å². The molecular weight excluding hydrogens is 416 g/mol. The van der Waals surface area contributed by atoms with Crippen molar-refractivity contribution in [1.29, 1.82) is 0 Å². The number of pyridine rings is 1. The highest BCUT2D eigenvalue weighted by Gasteiger charge is 2.26. The van der Waals surface area contributed by atoms with E-state index in [0.717, 1.165) is 24.0 Å². The van der Waals surface area contributed by atoms with Gasteiger partial charge in [-0.3, -0.25) is 4.98 Å². The lowest BCUT2D eigenvalue weighted by Gasteiger charge is -2.22. The lowest BCUT2D eigenvalue weighted by molar-refractivity contribution is 0.310. The van der Waals surface area contributed by atoms with E-state index in [0.29, 0.717) is 49.2 Å². The van der Waals surface area contributed by atoms with Crippen LogP contribution in [-0.4, -0.2) is 54.1 Å². The van der Waals surface area contributed by atoms with Gasteiger partial charge in [-0.1, -0.05) is 0 Å². The average molecular weight is 441 g/mol. The summed E-state index contributed by atoms with van der Waals surface area (Å²) < 4.78 is 30.5. The van der Waals surface area contributed by atoms with Gasteiger partial charge in [0, 0.05) is 5.39 Å². The first kappa shape index (κ1) is 21.6. The van der Waals surface area contributed by atoms with Crippen molar-refractivity contribution < 1.29 is 13.2 Å². The fraction of sp³-hybridized carbons (Fsp3) is 0.474. The van der Waals surface area contributed by atoms with E-state index in [-0.39, 0.29) is 29.1 Å². The van der Waals surface area contributed by atoms with E-state index in [1.807, 2.05) is 24.3 Å². The quantitative estimate of drug-likeness (QED) is 0.484. The second kappa shape index (κ2) is 9.15. The monoisotopic (exact) mass is 440 g/mol. The Labute approximate surface area is 174 Å². The fourth-order valence-corrected chi connectivity index (χ4v) is 5.51. The predicted molar refractivity (Wildman–Crippen MR) is 116 cm³/mol. The maximum Gasteiger partial charge on any atom is 0.325 e. The van der Waals surface area contributed by atoms with Crippen molar-refractivity contribution in [3.8, 4) is 5.75 Å². The van der Waals surface area contributed by atoms with Gasteiger partial charge in [-0.15, -0.1) is 12.4 Å². The number of rotatable bonds is 7. The first-order valence-corrected chi connectivity index (χ1v) is 11.3. The molecule has 0 aliphatic carbocycles. The lowest BCUT2D eigenvalue weighted by atomic mass is 10.2. The molecule has 4 rings (SSSR count). The van der Waals surface area contributed by atoms with Gasteiger partial charge in [-0.25, -0.2) is 18.2 Å². The molecule has 3 N–H and O–H groups in total. The topological polar surface area (TPSA) is 117 Å². The Morgan fingerprint density at radius 3 is 2.69 bits per heavy atom. The van der Waals surface area contributed by atoms with E-state index in [2.05, 4.69) is 20.3 Å². The van der Waals surface area contributed by atoms with Crippen LogP contribution in [0.1, 0.15) is 25.7 Å². The zero-order valence-electron chi connectivity index (χ0n) is 15.9. The molecule has 1 saturated heterocycles. The number of piperidine rings is 1. The van der Waals surface area contributed by atoms with Gasteiger partial charge in [0.1, 0.15) is 5.75 Å². The molecule has 29 heavy (non-hydrogen) atoms. The number of nitrogens with one attached hydrogen (secondary N) is 3. The molecule has 0 atom stereocenters. The number of aromatic amines is 2. The number of hydrogen-bond acceptors (Lipinski definition) is 6. The molecule has 1 fully saturated rings. The van der Waals surface area contributed by atoms with Gasteiger partial charge >= 0.3 is 5.69 Å². The molecule has 0 unspecified atom stereocenters. The maximum atomic E-state index is 12.4. The molecular formula is C19H25ClN4O4S. The summed E-state index contributed by atoms with van der Waals surface area (Å²) in [6, 6.07) is 7.40. The minimum Gasteiger partial charge on any atom is -0.494 e. The first-order valence-electron chi connectivity index (χ1n) is 9.59. The Morgan fingerprint density at radius 2 is 1.90 bits per heavy atom. The molecule has 3 aromatic rings. The summed E-state index contributed by atoms with van der Waals surface area (Å²) in [5.41, 5.74) is 1.66. The molecule has 3 heterocycles. The predicted octanol–water partition coefficient (Wildman–Crippen LogP) is 2.15. The molecule has 158 valence electrons. The molecule has 0 bridgehead atoms. The van der Waals surface area contributed by atoms with Gasteiger partial charge < -0.3 is 15.0 Å². The number of aromatic nitrogens is 3. The summed E-state index contributed by atoms with van der Waals surface area (Å²) in [6.07, 6.45) is 2.71. The van der Waals surface area contributed by atoms with Crippen LogP contribution >= 0.6 is 12.4 Å². The van der Waals surface area contributed by atoms with Crippen molar-refractivity contribution in [2.24, 2.45) is 0 Å². The largest absolute Gasteiger partial charge is 0.494 e. The van der Waals surface area contributed by atoms with Crippen molar-refractivity contribution in [1.82, 2.24) is 20.3 Å². The van der Waals surface area contributed by atoms with Crippen LogP contribution in [0.25, 0.3) is 22.1 Å². The molecule has 0 radical (unpaired) electrons. The van der Waals surface area contributed by atoms with E-state index in [4.69, 9.17) is 4.74 Å². The summed E-state index contributed by atoms with van der Waals surface area (Å²) in [5, 5.41) is 3.87. The second-order valence-corrected chi connectivity index (χ2v) is 9.59. The highest BCUT2D eigenvalue weighted by atomic mass is 35.5. The van der Waals surface area contributed by atoms with Gasteiger partial charge in [0.15, 0.2) is 15.5 Å². The van der Waals surface area contributed by atoms with Crippen LogP contribution in [0.5, 0.6) is 5.75 Å². The number of unbranched alkanes of at least 4 members (excludes halogenated alkanes) is 1. The van der Waals surface area contributed by atoms with Crippen LogP contribution in [0, 0.1) is 0 Å². The molecule has 1 aromatic carbocycles. The Morgan fingerprint density at radius 1 is 1.10 bits per heavy atom. The van der Waals surface area contributed by atoms with E-state index in [1.54, 1.807) is 0 Å². The number of ether oxygens (including phenoxy) is 1. The molecule has 1 aliphatic rings. The molecule has 8 nitrogen and oxygen atoms in total. The normalized spacial score (nSPS) is 15.4. The van der Waals surface area contributed by atoms with Crippen LogP contribution in [0.4, 0.5) is 0 Å². The van der Waals surface area contributed by atoms with Gasteiger partial charge in [-0.2, -0.15) is 0 Å². The number of sulfone groups is 1. The average Bonchev–Trinajstić information content (AvgIpc) is 3.05. The van der Waals surface area contributed by atoms with E-state index in [9.17, 15) is 13.2 Å². The Balaban J connectivity index is 0.00000240. The summed E-state index contributed by atoms with van der Waals surface area (Å²) in [7, 11) is -3.01. The van der Waals surface area contributed by atoms with Gasteiger partial charge in [0.2, 0.25) is 0 Å². The molecule has 1 aliphatic heterocycles. The molecule has 0 saturated carbocycles. The second-order valence-electron chi connectivity index (χ2n) is 7.19. The summed E-state index contributed by atoms with van der Waals surface area (Å²) in [6.45, 7) is 2.03. The van der Waals surface area contributed by atoms with Crippen molar-refractivity contribution in [3.63, 3.8) is 0 Å². The molecule has 10 heteroatoms. The lowest BCUT2D eigenvalue weighted by Crippen LogP contribution is -2.36. The van der Waals surface area contributed by atoms with Gasteiger partial charge in [-0.05, 0) is 63.0 Å². The molecule has 0 spiro atoms. The molecule has 2 aromatic heterocycles. The highest BCUT2D eigenvalue weighted by molar-refractivity contribution is 7.92. The highest BCUT2D eigenvalue weighted by Crippen LogP contribution is 2.22. The number of nitrogens with zero attached hydrogens (tertiary/aromatic N) is 1. The van der Waals surface area contributed by atoms with Crippen LogP contribution in [-0.2, 0) is 9.84 Å². The summed E-state index contributed by atoms with van der Waals surface area (Å²) in [5.74, 6) is 0.925. The Kier molecular flexibility index (Phi) is 6.81. The van der Waals surface area contributed by atoms with E-state index >= 15 is 0 Å². The fourth-order valence-electron chi connectivity index (χ4n) is 3.61. The van der Waals surface area contributed by atoms with Crippen LogP contribution < -0.4 is 15.7 Å². The van der Waals surface area contributed by atoms with Crippen molar-refractivity contribution in [2.45, 2.75) is 30.9 Å².